The van der Waals surface area contributed by atoms with Crippen molar-refractivity contribution < 1.29 is 14.3 Å². The largest absolute Gasteiger partial charge is 0.468 e. The van der Waals surface area contributed by atoms with Crippen LogP contribution in [0, 0.1) is 0 Å². The van der Waals surface area contributed by atoms with E-state index in [1.165, 1.54) is 5.56 Å². The van der Waals surface area contributed by atoms with Gasteiger partial charge in [0.05, 0.1) is 12.8 Å². The summed E-state index contributed by atoms with van der Waals surface area (Å²) in [5, 5.41) is 13.9. The second-order valence-electron chi connectivity index (χ2n) is 6.70. The maximum Gasteiger partial charge on any atom is 0.255 e. The minimum Gasteiger partial charge on any atom is -0.468 e. The van der Waals surface area contributed by atoms with E-state index in [1.54, 1.807) is 11.2 Å². The summed E-state index contributed by atoms with van der Waals surface area (Å²) in [5.41, 5.74) is -0.0280. The molecule has 2 N–H and O–H groups in total. The number of piperidine rings is 1. The van der Waals surface area contributed by atoms with Gasteiger partial charge in [0, 0.05) is 19.6 Å². The topological polar surface area (TPSA) is 65.7 Å². The molecule has 2 heterocycles. The number of likely N-dealkylation sites (tertiary alicyclic amines) is 1. The van der Waals surface area contributed by atoms with Crippen molar-refractivity contribution in [3.8, 4) is 0 Å². The molecule has 1 saturated heterocycles. The van der Waals surface area contributed by atoms with Crippen LogP contribution >= 0.6 is 0 Å². The summed E-state index contributed by atoms with van der Waals surface area (Å²) in [5.74, 6) is 0.644. The lowest BCUT2D eigenvalue weighted by atomic mass is 9.91. The van der Waals surface area contributed by atoms with E-state index in [0.29, 0.717) is 19.5 Å². The summed E-state index contributed by atoms with van der Waals surface area (Å²) in [6.45, 7) is 2.18. The Kier molecular flexibility index (Phi) is 5.89. The van der Waals surface area contributed by atoms with Crippen LogP contribution in [-0.4, -0.2) is 41.1 Å². The highest BCUT2D eigenvalue weighted by molar-refractivity contribution is 5.86. The van der Waals surface area contributed by atoms with Gasteiger partial charge in [0.25, 0.3) is 5.91 Å². The van der Waals surface area contributed by atoms with Gasteiger partial charge >= 0.3 is 0 Å². The number of carbonyl (C=O) groups excluding carboxylic acids is 1. The third-order valence-corrected chi connectivity index (χ3v) is 4.74. The van der Waals surface area contributed by atoms with E-state index in [4.69, 9.17) is 4.42 Å². The van der Waals surface area contributed by atoms with Gasteiger partial charge in [0.2, 0.25) is 0 Å². The van der Waals surface area contributed by atoms with E-state index < -0.39 is 5.60 Å². The first-order valence-corrected chi connectivity index (χ1v) is 8.96. The molecule has 1 aliphatic heterocycles. The number of furan rings is 1. The molecule has 1 unspecified atom stereocenters. The summed E-state index contributed by atoms with van der Waals surface area (Å²) in [6, 6.07) is 14.0. The van der Waals surface area contributed by atoms with Gasteiger partial charge in [-0.2, -0.15) is 0 Å². The molecule has 25 heavy (non-hydrogen) atoms. The Morgan fingerprint density at radius 1 is 1.20 bits per heavy atom. The number of hydrogen-bond donors (Lipinski definition) is 2. The fraction of sp³-hybridized carbons (Fsp3) is 0.450. The molecule has 134 valence electrons. The van der Waals surface area contributed by atoms with Crippen LogP contribution in [0.2, 0.25) is 0 Å². The molecule has 2 aromatic rings. The third-order valence-electron chi connectivity index (χ3n) is 4.74. The van der Waals surface area contributed by atoms with Crippen LogP contribution in [-0.2, 0) is 17.8 Å². The van der Waals surface area contributed by atoms with Crippen molar-refractivity contribution in [2.75, 3.05) is 19.6 Å². The maximum absolute atomic E-state index is 12.7. The molecule has 0 aliphatic carbocycles. The SMILES string of the molecule is O=C1N(CCCc2ccccc2)CCCC1(O)CNCc1ccco1. The Bertz CT molecular complexity index is 657. The van der Waals surface area contributed by atoms with E-state index in [1.807, 2.05) is 30.3 Å². The number of amides is 1. The number of carbonyl (C=O) groups is 1. The average molecular weight is 342 g/mol. The lowest BCUT2D eigenvalue weighted by molar-refractivity contribution is -0.156. The maximum atomic E-state index is 12.7. The van der Waals surface area contributed by atoms with Crippen molar-refractivity contribution in [1.29, 1.82) is 0 Å². The van der Waals surface area contributed by atoms with Gasteiger partial charge in [-0.05, 0) is 43.4 Å². The van der Waals surface area contributed by atoms with Crippen LogP contribution in [0.15, 0.2) is 53.1 Å². The minimum absolute atomic E-state index is 0.154. The number of benzene rings is 1. The van der Waals surface area contributed by atoms with Crippen LogP contribution in [0.1, 0.15) is 30.6 Å². The summed E-state index contributed by atoms with van der Waals surface area (Å²) >= 11 is 0. The molecule has 5 heteroatoms. The van der Waals surface area contributed by atoms with Crippen molar-refractivity contribution in [3.05, 3.63) is 60.1 Å². The number of rotatable bonds is 8. The number of aliphatic hydroxyl groups is 1. The molecule has 1 aliphatic rings. The second kappa shape index (κ2) is 8.32. The first-order chi connectivity index (χ1) is 12.2. The smallest absolute Gasteiger partial charge is 0.255 e. The van der Waals surface area contributed by atoms with Crippen molar-refractivity contribution in [3.63, 3.8) is 0 Å². The monoisotopic (exact) mass is 342 g/mol. The summed E-state index contributed by atoms with van der Waals surface area (Å²) in [6.07, 6.45) is 4.81. The van der Waals surface area contributed by atoms with Gasteiger partial charge < -0.3 is 19.7 Å². The van der Waals surface area contributed by atoms with Gasteiger partial charge in [-0.15, -0.1) is 0 Å². The van der Waals surface area contributed by atoms with Gasteiger partial charge in [0.1, 0.15) is 5.76 Å². The van der Waals surface area contributed by atoms with Crippen LogP contribution < -0.4 is 5.32 Å². The standard InChI is InChI=1S/C20H26N2O3/c23-19-20(24,16-21-15-18-10-5-14-25-18)11-6-13-22(19)12-4-9-17-7-2-1-3-8-17/h1-3,5,7-8,10,14,21,24H,4,6,9,11-13,15-16H2. The zero-order valence-electron chi connectivity index (χ0n) is 14.5. The highest BCUT2D eigenvalue weighted by Gasteiger charge is 2.41. The lowest BCUT2D eigenvalue weighted by Crippen LogP contribution is -2.58. The molecule has 3 rings (SSSR count). The van der Waals surface area contributed by atoms with Crippen LogP contribution in [0.25, 0.3) is 0 Å². The molecule has 0 bridgehead atoms. The third kappa shape index (κ3) is 4.71. The normalized spacial score (nSPS) is 20.8. The van der Waals surface area contributed by atoms with Crippen LogP contribution in [0.3, 0.4) is 0 Å². The van der Waals surface area contributed by atoms with Crippen LogP contribution in [0.5, 0.6) is 0 Å². The number of hydrogen-bond acceptors (Lipinski definition) is 4. The highest BCUT2D eigenvalue weighted by atomic mass is 16.3. The quantitative estimate of drug-likeness (QED) is 0.773. The predicted molar refractivity (Wildman–Crippen MR) is 95.9 cm³/mol. The Morgan fingerprint density at radius 3 is 2.80 bits per heavy atom. The van der Waals surface area contributed by atoms with E-state index in [-0.39, 0.29) is 12.5 Å². The average Bonchev–Trinajstić information content (AvgIpc) is 3.13. The molecule has 1 fully saturated rings. The predicted octanol–water partition coefficient (Wildman–Crippen LogP) is 2.36. The molecule has 1 atom stereocenters. The van der Waals surface area contributed by atoms with E-state index in [0.717, 1.165) is 31.6 Å². The minimum atomic E-state index is -1.31. The molecule has 1 amide bonds. The first kappa shape index (κ1) is 17.7. The van der Waals surface area contributed by atoms with E-state index in [9.17, 15) is 9.90 Å². The lowest BCUT2D eigenvalue weighted by Gasteiger charge is -2.38. The van der Waals surface area contributed by atoms with Gasteiger partial charge in [-0.25, -0.2) is 0 Å². The number of nitrogens with zero attached hydrogens (tertiary/aromatic N) is 1. The Morgan fingerprint density at radius 2 is 2.04 bits per heavy atom. The molecule has 5 nitrogen and oxygen atoms in total. The molecule has 1 aromatic heterocycles. The first-order valence-electron chi connectivity index (χ1n) is 8.96. The van der Waals surface area contributed by atoms with Crippen molar-refractivity contribution in [2.24, 2.45) is 0 Å². The molecule has 0 radical (unpaired) electrons. The highest BCUT2D eigenvalue weighted by Crippen LogP contribution is 2.23. The van der Waals surface area contributed by atoms with Gasteiger partial charge in [-0.3, -0.25) is 4.79 Å². The molecular formula is C20H26N2O3. The molecule has 1 aromatic carbocycles. The summed E-state index contributed by atoms with van der Waals surface area (Å²) < 4.78 is 5.26. The van der Waals surface area contributed by atoms with Crippen molar-refractivity contribution >= 4 is 5.91 Å². The van der Waals surface area contributed by atoms with Crippen LogP contribution in [0.4, 0.5) is 0 Å². The molecule has 0 spiro atoms. The fourth-order valence-corrected chi connectivity index (χ4v) is 3.37. The number of aryl methyl sites for hydroxylation is 1. The molecular weight excluding hydrogens is 316 g/mol. The van der Waals surface area contributed by atoms with Gasteiger partial charge in [0.15, 0.2) is 5.60 Å². The fourth-order valence-electron chi connectivity index (χ4n) is 3.37. The Balaban J connectivity index is 1.47. The summed E-state index contributed by atoms with van der Waals surface area (Å²) in [4.78, 5) is 14.5. The Labute approximate surface area is 148 Å². The van der Waals surface area contributed by atoms with Crippen molar-refractivity contribution in [2.45, 2.75) is 37.8 Å². The van der Waals surface area contributed by atoms with Gasteiger partial charge in [-0.1, -0.05) is 30.3 Å². The zero-order chi connectivity index (χ0) is 17.5. The number of nitrogens with one attached hydrogen (secondary N) is 1. The van der Waals surface area contributed by atoms with E-state index >= 15 is 0 Å². The Hall–Kier alpha value is -2.11. The molecule has 0 saturated carbocycles. The second-order valence-corrected chi connectivity index (χ2v) is 6.70. The zero-order valence-corrected chi connectivity index (χ0v) is 14.5. The van der Waals surface area contributed by atoms with Crippen molar-refractivity contribution in [1.82, 2.24) is 10.2 Å². The summed E-state index contributed by atoms with van der Waals surface area (Å²) in [7, 11) is 0. The van der Waals surface area contributed by atoms with E-state index in [2.05, 4.69) is 17.4 Å².